The highest BCUT2D eigenvalue weighted by Gasteiger charge is 2.44. The van der Waals surface area contributed by atoms with Crippen LogP contribution in [0.4, 0.5) is 0 Å². The SMILES string of the molecule is COC1(c2ccc(-c3cc(C(=O)O)[nH]n3)cc2)CC1. The predicted octanol–water partition coefficient (Wildman–Crippen LogP) is 2.41. The van der Waals surface area contributed by atoms with Crippen molar-refractivity contribution in [3.8, 4) is 11.3 Å². The number of hydrogen-bond acceptors (Lipinski definition) is 3. The molecule has 3 rings (SSSR count). The Kier molecular flexibility index (Phi) is 2.64. The van der Waals surface area contributed by atoms with Gasteiger partial charge in [0.15, 0.2) is 0 Å². The third kappa shape index (κ3) is 2.02. The van der Waals surface area contributed by atoms with Gasteiger partial charge in [-0.2, -0.15) is 5.10 Å². The lowest BCUT2D eigenvalue weighted by atomic mass is 10.0. The molecule has 1 aromatic carbocycles. The van der Waals surface area contributed by atoms with Crippen molar-refractivity contribution in [3.05, 3.63) is 41.6 Å². The molecule has 98 valence electrons. The summed E-state index contributed by atoms with van der Waals surface area (Å²) in [7, 11) is 1.73. The Morgan fingerprint density at radius 1 is 1.37 bits per heavy atom. The molecule has 1 fully saturated rings. The van der Waals surface area contributed by atoms with Crippen LogP contribution in [-0.4, -0.2) is 28.4 Å². The van der Waals surface area contributed by atoms with Gasteiger partial charge in [-0.25, -0.2) is 4.79 Å². The van der Waals surface area contributed by atoms with E-state index in [4.69, 9.17) is 9.84 Å². The van der Waals surface area contributed by atoms with Gasteiger partial charge in [-0.05, 0) is 24.5 Å². The third-order valence-corrected chi connectivity index (χ3v) is 3.61. The molecule has 0 amide bonds. The highest BCUT2D eigenvalue weighted by Crippen LogP contribution is 2.48. The number of carbonyl (C=O) groups is 1. The Morgan fingerprint density at radius 2 is 2.05 bits per heavy atom. The predicted molar refractivity (Wildman–Crippen MR) is 68.9 cm³/mol. The minimum absolute atomic E-state index is 0.0923. The van der Waals surface area contributed by atoms with E-state index in [1.165, 1.54) is 6.07 Å². The Bertz CT molecular complexity index is 612. The Balaban J connectivity index is 1.87. The molecule has 2 N–H and O–H groups in total. The van der Waals surface area contributed by atoms with Crippen LogP contribution >= 0.6 is 0 Å². The van der Waals surface area contributed by atoms with Crippen molar-refractivity contribution in [2.45, 2.75) is 18.4 Å². The van der Waals surface area contributed by atoms with Gasteiger partial charge in [-0.1, -0.05) is 24.3 Å². The molecule has 0 radical (unpaired) electrons. The molecule has 5 nitrogen and oxygen atoms in total. The summed E-state index contributed by atoms with van der Waals surface area (Å²) in [6.07, 6.45) is 2.10. The van der Waals surface area contributed by atoms with E-state index < -0.39 is 5.97 Å². The first kappa shape index (κ1) is 11.9. The summed E-state index contributed by atoms with van der Waals surface area (Å²) in [5.41, 5.74) is 2.67. The molecule has 1 aromatic heterocycles. The van der Waals surface area contributed by atoms with Crippen molar-refractivity contribution >= 4 is 5.97 Å². The first-order valence-corrected chi connectivity index (χ1v) is 6.09. The lowest BCUT2D eigenvalue weighted by Crippen LogP contribution is -2.08. The molecule has 1 saturated carbocycles. The minimum Gasteiger partial charge on any atom is -0.477 e. The van der Waals surface area contributed by atoms with Gasteiger partial charge in [0.25, 0.3) is 0 Å². The average Bonchev–Trinajstić information content (AvgIpc) is 3.07. The Labute approximate surface area is 110 Å². The van der Waals surface area contributed by atoms with Crippen molar-refractivity contribution in [1.82, 2.24) is 10.2 Å². The van der Waals surface area contributed by atoms with Crippen LogP contribution < -0.4 is 0 Å². The quantitative estimate of drug-likeness (QED) is 0.883. The van der Waals surface area contributed by atoms with Crippen molar-refractivity contribution in [2.75, 3.05) is 7.11 Å². The lowest BCUT2D eigenvalue weighted by molar-refractivity contribution is 0.0690. The third-order valence-electron chi connectivity index (χ3n) is 3.61. The summed E-state index contributed by atoms with van der Waals surface area (Å²) >= 11 is 0. The van der Waals surface area contributed by atoms with Crippen LogP contribution in [-0.2, 0) is 10.3 Å². The molecule has 2 aromatic rings. The van der Waals surface area contributed by atoms with Crippen molar-refractivity contribution in [1.29, 1.82) is 0 Å². The zero-order valence-corrected chi connectivity index (χ0v) is 10.5. The number of nitrogens with one attached hydrogen (secondary N) is 1. The number of carboxylic acid groups (broad SMARTS) is 1. The maximum absolute atomic E-state index is 10.8. The number of hydrogen-bond donors (Lipinski definition) is 2. The largest absolute Gasteiger partial charge is 0.477 e. The van der Waals surface area contributed by atoms with Gasteiger partial charge in [0, 0.05) is 12.7 Å². The Hall–Kier alpha value is -2.14. The number of benzene rings is 1. The van der Waals surface area contributed by atoms with E-state index >= 15 is 0 Å². The highest BCUT2D eigenvalue weighted by atomic mass is 16.5. The average molecular weight is 258 g/mol. The van der Waals surface area contributed by atoms with Gasteiger partial charge in [0.1, 0.15) is 5.69 Å². The molecule has 0 spiro atoms. The second-order valence-corrected chi connectivity index (χ2v) is 4.75. The fourth-order valence-corrected chi connectivity index (χ4v) is 2.25. The van der Waals surface area contributed by atoms with E-state index in [9.17, 15) is 4.79 Å². The fraction of sp³-hybridized carbons (Fsp3) is 0.286. The number of carboxylic acids is 1. The summed E-state index contributed by atoms with van der Waals surface area (Å²) in [5.74, 6) is -1.01. The van der Waals surface area contributed by atoms with Crippen LogP contribution in [0.15, 0.2) is 30.3 Å². The van der Waals surface area contributed by atoms with E-state index in [0.717, 1.165) is 24.0 Å². The van der Waals surface area contributed by atoms with Crippen molar-refractivity contribution < 1.29 is 14.6 Å². The van der Waals surface area contributed by atoms with E-state index in [1.807, 2.05) is 24.3 Å². The topological polar surface area (TPSA) is 75.2 Å². The van der Waals surface area contributed by atoms with Crippen LogP contribution in [0.5, 0.6) is 0 Å². The number of aromatic amines is 1. The van der Waals surface area contributed by atoms with E-state index in [0.29, 0.717) is 5.69 Å². The zero-order chi connectivity index (χ0) is 13.5. The molecule has 0 saturated heterocycles. The molecule has 0 bridgehead atoms. The number of aromatic carboxylic acids is 1. The van der Waals surface area contributed by atoms with E-state index in [-0.39, 0.29) is 11.3 Å². The van der Waals surface area contributed by atoms with Gasteiger partial charge in [-0.15, -0.1) is 0 Å². The van der Waals surface area contributed by atoms with Crippen LogP contribution in [0.1, 0.15) is 28.9 Å². The minimum atomic E-state index is -1.01. The second kappa shape index (κ2) is 4.20. The summed E-state index contributed by atoms with van der Waals surface area (Å²) in [4.78, 5) is 10.8. The Morgan fingerprint density at radius 3 is 2.53 bits per heavy atom. The number of H-pyrrole nitrogens is 1. The van der Waals surface area contributed by atoms with Crippen LogP contribution in [0, 0.1) is 0 Å². The monoisotopic (exact) mass is 258 g/mol. The molecule has 0 atom stereocenters. The van der Waals surface area contributed by atoms with Crippen molar-refractivity contribution in [3.63, 3.8) is 0 Å². The fourth-order valence-electron chi connectivity index (χ4n) is 2.25. The smallest absolute Gasteiger partial charge is 0.353 e. The molecule has 0 unspecified atom stereocenters. The van der Waals surface area contributed by atoms with Crippen LogP contribution in [0.25, 0.3) is 11.3 Å². The van der Waals surface area contributed by atoms with E-state index in [1.54, 1.807) is 7.11 Å². The van der Waals surface area contributed by atoms with Gasteiger partial charge in [-0.3, -0.25) is 5.10 Å². The summed E-state index contributed by atoms with van der Waals surface area (Å²) in [6.45, 7) is 0. The van der Waals surface area contributed by atoms with Crippen molar-refractivity contribution in [2.24, 2.45) is 0 Å². The molecule has 1 aliphatic rings. The number of ether oxygens (including phenoxy) is 1. The van der Waals surface area contributed by atoms with Crippen LogP contribution in [0.2, 0.25) is 0 Å². The maximum atomic E-state index is 10.8. The lowest BCUT2D eigenvalue weighted by Gasteiger charge is -2.13. The normalized spacial score (nSPS) is 16.3. The molecule has 19 heavy (non-hydrogen) atoms. The number of aromatic nitrogens is 2. The first-order valence-electron chi connectivity index (χ1n) is 6.09. The number of nitrogens with zero attached hydrogens (tertiary/aromatic N) is 1. The molecular weight excluding hydrogens is 244 g/mol. The standard InChI is InChI=1S/C14H14N2O3/c1-19-14(6-7-14)10-4-2-9(3-5-10)11-8-12(13(17)18)16-15-11/h2-5,8H,6-7H2,1H3,(H,15,16)(H,17,18). The van der Waals surface area contributed by atoms with Gasteiger partial charge < -0.3 is 9.84 Å². The first-order chi connectivity index (χ1) is 9.14. The van der Waals surface area contributed by atoms with Gasteiger partial charge in [0.05, 0.1) is 11.3 Å². The number of rotatable bonds is 4. The van der Waals surface area contributed by atoms with Crippen LogP contribution in [0.3, 0.4) is 0 Å². The highest BCUT2D eigenvalue weighted by molar-refractivity contribution is 5.86. The molecule has 5 heteroatoms. The molecule has 0 aliphatic heterocycles. The van der Waals surface area contributed by atoms with Gasteiger partial charge >= 0.3 is 5.97 Å². The summed E-state index contributed by atoms with van der Waals surface area (Å²) in [6, 6.07) is 9.44. The molecular formula is C14H14N2O3. The molecule has 1 aliphatic carbocycles. The van der Waals surface area contributed by atoms with Gasteiger partial charge in [0.2, 0.25) is 0 Å². The maximum Gasteiger partial charge on any atom is 0.353 e. The zero-order valence-electron chi connectivity index (χ0n) is 10.5. The molecule has 1 heterocycles. The number of methoxy groups -OCH3 is 1. The second-order valence-electron chi connectivity index (χ2n) is 4.75. The van der Waals surface area contributed by atoms with E-state index in [2.05, 4.69) is 10.2 Å². The summed E-state index contributed by atoms with van der Waals surface area (Å²) < 4.78 is 5.52. The summed E-state index contributed by atoms with van der Waals surface area (Å²) in [5, 5.41) is 15.3.